The number of carboxylic acid groups (broad SMARTS) is 1. The van der Waals surface area contributed by atoms with Crippen LogP contribution in [0.5, 0.6) is 0 Å². The number of hydrogen-bond acceptors (Lipinski definition) is 3. The predicted molar refractivity (Wildman–Crippen MR) is 78.8 cm³/mol. The van der Waals surface area contributed by atoms with Crippen LogP contribution in [0.1, 0.15) is 30.7 Å². The van der Waals surface area contributed by atoms with E-state index in [0.29, 0.717) is 0 Å². The topological polar surface area (TPSA) is 81.7 Å². The highest BCUT2D eigenvalue weighted by Gasteiger charge is 2.23. The van der Waals surface area contributed by atoms with Crippen LogP contribution in [0.25, 0.3) is 0 Å². The van der Waals surface area contributed by atoms with Crippen LogP contribution in [-0.4, -0.2) is 41.8 Å². The second-order valence-electron chi connectivity index (χ2n) is 5.17. The van der Waals surface area contributed by atoms with Gasteiger partial charge >= 0.3 is 6.09 Å². The van der Waals surface area contributed by atoms with Gasteiger partial charge in [-0.05, 0) is 18.4 Å². The summed E-state index contributed by atoms with van der Waals surface area (Å²) in [5, 5.41) is 13.0. The molecule has 21 heavy (non-hydrogen) atoms. The Morgan fingerprint density at radius 3 is 2.43 bits per heavy atom. The lowest BCUT2D eigenvalue weighted by molar-refractivity contribution is -0.127. The maximum atomic E-state index is 12.4. The Bertz CT molecular complexity index is 472. The van der Waals surface area contributed by atoms with E-state index in [1.807, 2.05) is 35.3 Å². The summed E-state index contributed by atoms with van der Waals surface area (Å²) in [7, 11) is 0. The van der Waals surface area contributed by atoms with Crippen molar-refractivity contribution < 1.29 is 14.7 Å². The van der Waals surface area contributed by atoms with Gasteiger partial charge in [-0.25, -0.2) is 9.80 Å². The Morgan fingerprint density at radius 1 is 1.14 bits per heavy atom. The van der Waals surface area contributed by atoms with Crippen molar-refractivity contribution in [2.75, 3.05) is 19.6 Å². The van der Waals surface area contributed by atoms with Crippen LogP contribution in [0.3, 0.4) is 0 Å². The molecule has 1 heterocycles. The van der Waals surface area contributed by atoms with E-state index in [0.717, 1.165) is 31.5 Å². The van der Waals surface area contributed by atoms with E-state index in [4.69, 9.17) is 5.11 Å². The number of nitrogens with zero attached hydrogens (tertiary/aromatic N) is 1. The third-order valence-electron chi connectivity index (χ3n) is 3.60. The first-order valence-corrected chi connectivity index (χ1v) is 7.24. The highest BCUT2D eigenvalue weighted by atomic mass is 16.4. The van der Waals surface area contributed by atoms with E-state index in [1.54, 1.807) is 0 Å². The van der Waals surface area contributed by atoms with Crippen molar-refractivity contribution in [3.63, 3.8) is 0 Å². The van der Waals surface area contributed by atoms with Gasteiger partial charge in [0, 0.05) is 19.6 Å². The van der Waals surface area contributed by atoms with E-state index < -0.39 is 12.0 Å². The van der Waals surface area contributed by atoms with Gasteiger partial charge in [0.05, 0.1) is 5.92 Å². The van der Waals surface area contributed by atoms with Gasteiger partial charge in [-0.3, -0.25) is 10.2 Å². The Labute approximate surface area is 124 Å². The van der Waals surface area contributed by atoms with Crippen molar-refractivity contribution >= 4 is 12.0 Å². The van der Waals surface area contributed by atoms with E-state index >= 15 is 0 Å². The summed E-state index contributed by atoms with van der Waals surface area (Å²) in [6.07, 6.45) is 2.21. The molecule has 0 radical (unpaired) electrons. The molecule has 6 nitrogen and oxygen atoms in total. The number of hydrogen-bond donors (Lipinski definition) is 3. The van der Waals surface area contributed by atoms with Crippen molar-refractivity contribution in [2.45, 2.75) is 25.2 Å². The molecule has 6 heteroatoms. The molecule has 0 unspecified atom stereocenters. The number of piperidine rings is 1. The third kappa shape index (κ3) is 4.75. The monoisotopic (exact) mass is 291 g/mol. The Morgan fingerprint density at radius 2 is 1.81 bits per heavy atom. The van der Waals surface area contributed by atoms with Gasteiger partial charge in [0.1, 0.15) is 0 Å². The van der Waals surface area contributed by atoms with Gasteiger partial charge in [0.15, 0.2) is 0 Å². The summed E-state index contributed by atoms with van der Waals surface area (Å²) in [5.74, 6) is -0.693. The summed E-state index contributed by atoms with van der Waals surface area (Å²) in [6.45, 7) is 1.76. The molecule has 1 aromatic rings. The summed E-state index contributed by atoms with van der Waals surface area (Å²) in [5.41, 5.74) is 3.71. The molecule has 0 aliphatic carbocycles. The zero-order valence-electron chi connectivity index (χ0n) is 11.9. The van der Waals surface area contributed by atoms with E-state index in [9.17, 15) is 9.59 Å². The second kappa shape index (κ2) is 7.64. The third-order valence-corrected chi connectivity index (χ3v) is 3.60. The number of benzene rings is 1. The fraction of sp³-hybridized carbons (Fsp3) is 0.467. The maximum absolute atomic E-state index is 12.4. The summed E-state index contributed by atoms with van der Waals surface area (Å²) < 4.78 is 0. The number of rotatable bonds is 5. The lowest BCUT2D eigenvalue weighted by Gasteiger charge is -2.29. The van der Waals surface area contributed by atoms with Crippen LogP contribution in [0, 0.1) is 0 Å². The largest absolute Gasteiger partial charge is 0.465 e. The summed E-state index contributed by atoms with van der Waals surface area (Å²) in [6, 6.07) is 9.23. The Hall–Kier alpha value is -2.08. The zero-order valence-corrected chi connectivity index (χ0v) is 11.9. The molecule has 1 atom stereocenters. The van der Waals surface area contributed by atoms with E-state index in [2.05, 4.69) is 10.7 Å². The maximum Gasteiger partial charge on any atom is 0.404 e. The molecule has 114 valence electrons. The predicted octanol–water partition coefficient (Wildman–Crippen LogP) is 1.55. The molecule has 1 aromatic carbocycles. The fourth-order valence-corrected chi connectivity index (χ4v) is 2.48. The van der Waals surface area contributed by atoms with E-state index in [-0.39, 0.29) is 12.5 Å². The molecule has 3 N–H and O–H groups in total. The van der Waals surface area contributed by atoms with Crippen molar-refractivity contribution in [1.82, 2.24) is 15.8 Å². The first kappa shape index (κ1) is 15.3. The Balaban J connectivity index is 2.02. The summed E-state index contributed by atoms with van der Waals surface area (Å²) in [4.78, 5) is 23.1. The lowest BCUT2D eigenvalue weighted by atomic mass is 9.98. The highest BCUT2D eigenvalue weighted by Crippen LogP contribution is 2.16. The van der Waals surface area contributed by atoms with Gasteiger partial charge in [-0.15, -0.1) is 0 Å². The molecule has 2 rings (SSSR count). The molecular weight excluding hydrogens is 270 g/mol. The van der Waals surface area contributed by atoms with E-state index in [1.165, 1.54) is 6.42 Å². The standard InChI is InChI=1S/C15H21N3O3/c19-14(17-18-9-5-2-6-10-18)13(11-16-15(20)21)12-7-3-1-4-8-12/h1,3-4,7-8,13,16H,2,5-6,9-11H2,(H,17,19)(H,20,21)/t13-/m0/s1. The van der Waals surface area contributed by atoms with Crippen LogP contribution in [0.15, 0.2) is 30.3 Å². The molecule has 0 bridgehead atoms. The van der Waals surface area contributed by atoms with Crippen LogP contribution in [0.4, 0.5) is 4.79 Å². The van der Waals surface area contributed by atoms with Gasteiger partial charge in [-0.2, -0.15) is 0 Å². The molecule has 0 aromatic heterocycles. The van der Waals surface area contributed by atoms with Crippen molar-refractivity contribution in [3.8, 4) is 0 Å². The molecule has 1 fully saturated rings. The fourth-order valence-electron chi connectivity index (χ4n) is 2.48. The first-order valence-electron chi connectivity index (χ1n) is 7.24. The molecule has 0 saturated carbocycles. The normalized spacial score (nSPS) is 17.0. The smallest absolute Gasteiger partial charge is 0.404 e. The molecule has 2 amide bonds. The number of carbonyl (C=O) groups excluding carboxylic acids is 1. The van der Waals surface area contributed by atoms with Crippen molar-refractivity contribution in [1.29, 1.82) is 0 Å². The van der Waals surface area contributed by atoms with Crippen LogP contribution >= 0.6 is 0 Å². The summed E-state index contributed by atoms with van der Waals surface area (Å²) >= 11 is 0. The Kier molecular flexibility index (Phi) is 5.57. The molecular formula is C15H21N3O3. The lowest BCUT2D eigenvalue weighted by Crippen LogP contribution is -2.48. The molecule has 0 spiro atoms. The minimum absolute atomic E-state index is 0.0685. The number of hydrazine groups is 1. The minimum Gasteiger partial charge on any atom is -0.465 e. The zero-order chi connectivity index (χ0) is 15.1. The van der Waals surface area contributed by atoms with Gasteiger partial charge < -0.3 is 10.4 Å². The van der Waals surface area contributed by atoms with Crippen LogP contribution < -0.4 is 10.7 Å². The SMILES string of the molecule is O=C(O)NC[C@H](C(=O)NN1CCCCC1)c1ccccc1. The molecule has 1 aliphatic heterocycles. The van der Waals surface area contributed by atoms with Crippen molar-refractivity contribution in [3.05, 3.63) is 35.9 Å². The average Bonchev–Trinajstić information content (AvgIpc) is 2.49. The quantitative estimate of drug-likeness (QED) is 0.769. The average molecular weight is 291 g/mol. The second-order valence-corrected chi connectivity index (χ2v) is 5.17. The number of carbonyl (C=O) groups is 2. The van der Waals surface area contributed by atoms with Crippen LogP contribution in [-0.2, 0) is 4.79 Å². The first-order chi connectivity index (χ1) is 10.2. The highest BCUT2D eigenvalue weighted by molar-refractivity contribution is 5.84. The molecule has 1 saturated heterocycles. The van der Waals surface area contributed by atoms with Crippen LogP contribution in [0.2, 0.25) is 0 Å². The van der Waals surface area contributed by atoms with Gasteiger partial charge in [0.25, 0.3) is 0 Å². The van der Waals surface area contributed by atoms with Crippen molar-refractivity contribution in [2.24, 2.45) is 0 Å². The molecule has 1 aliphatic rings. The number of amides is 2. The number of nitrogens with one attached hydrogen (secondary N) is 2. The minimum atomic E-state index is -1.12. The van der Waals surface area contributed by atoms with Gasteiger partial charge in [0.2, 0.25) is 5.91 Å². The van der Waals surface area contributed by atoms with Gasteiger partial charge in [-0.1, -0.05) is 36.8 Å².